The minimum absolute atomic E-state index is 0. The highest BCUT2D eigenvalue weighted by Gasteiger charge is 2.42. The van der Waals surface area contributed by atoms with E-state index in [1.807, 2.05) is 0 Å². The molecule has 3 rings (SSSR count). The number of morpholine rings is 1. The Hall–Kier alpha value is -0.640. The highest BCUT2D eigenvalue weighted by Crippen LogP contribution is 2.45. The first-order chi connectivity index (χ1) is 11.6. The van der Waals surface area contributed by atoms with Gasteiger partial charge in [-0.1, -0.05) is 17.7 Å². The van der Waals surface area contributed by atoms with E-state index in [1.165, 1.54) is 6.07 Å². The van der Waals surface area contributed by atoms with Gasteiger partial charge in [-0.2, -0.15) is 0 Å². The van der Waals surface area contributed by atoms with Crippen LogP contribution in [-0.2, 0) is 9.47 Å². The van der Waals surface area contributed by atoms with Gasteiger partial charge in [0.1, 0.15) is 5.82 Å². The predicted octanol–water partition coefficient (Wildman–Crippen LogP) is 2.88. The third-order valence-corrected chi connectivity index (χ3v) is 4.81. The summed E-state index contributed by atoms with van der Waals surface area (Å²) in [6, 6.07) is 4.99. The SMILES string of the molecule is CN=C(NC1CC1c1c(F)cccc1Cl)N1CCOC(COC)C1.I. The maximum absolute atomic E-state index is 14.0. The molecule has 1 aromatic rings. The van der Waals surface area contributed by atoms with Gasteiger partial charge in [0.05, 0.1) is 19.3 Å². The highest BCUT2D eigenvalue weighted by atomic mass is 127. The van der Waals surface area contributed by atoms with Crippen LogP contribution >= 0.6 is 35.6 Å². The predicted molar refractivity (Wildman–Crippen MR) is 108 cm³/mol. The number of rotatable bonds is 4. The molecule has 8 heteroatoms. The third-order valence-electron chi connectivity index (χ3n) is 4.48. The molecule has 1 aliphatic heterocycles. The number of hydrogen-bond donors (Lipinski definition) is 1. The van der Waals surface area contributed by atoms with E-state index < -0.39 is 0 Å². The summed E-state index contributed by atoms with van der Waals surface area (Å²) < 4.78 is 24.9. The molecule has 0 spiro atoms. The largest absolute Gasteiger partial charge is 0.382 e. The third kappa shape index (κ3) is 4.96. The monoisotopic (exact) mass is 483 g/mol. The van der Waals surface area contributed by atoms with Crippen LogP contribution in [0.1, 0.15) is 17.9 Å². The fourth-order valence-electron chi connectivity index (χ4n) is 3.20. The molecule has 0 bridgehead atoms. The summed E-state index contributed by atoms with van der Waals surface area (Å²) in [5.74, 6) is 0.670. The minimum atomic E-state index is -0.238. The molecule has 140 valence electrons. The summed E-state index contributed by atoms with van der Waals surface area (Å²) in [4.78, 5) is 6.53. The lowest BCUT2D eigenvalue weighted by Gasteiger charge is -2.34. The molecule has 5 nitrogen and oxygen atoms in total. The van der Waals surface area contributed by atoms with Crippen molar-refractivity contribution < 1.29 is 13.9 Å². The summed E-state index contributed by atoms with van der Waals surface area (Å²) in [5.41, 5.74) is 0.603. The van der Waals surface area contributed by atoms with Gasteiger partial charge in [0.2, 0.25) is 0 Å². The van der Waals surface area contributed by atoms with Gasteiger partial charge in [0.25, 0.3) is 0 Å². The zero-order chi connectivity index (χ0) is 17.1. The molecule has 2 fully saturated rings. The molecule has 1 saturated heterocycles. The summed E-state index contributed by atoms with van der Waals surface area (Å²) in [5, 5.41) is 3.92. The molecule has 3 atom stereocenters. The van der Waals surface area contributed by atoms with Crippen molar-refractivity contribution in [1.29, 1.82) is 0 Å². The van der Waals surface area contributed by atoms with E-state index in [9.17, 15) is 4.39 Å². The molecular weight excluding hydrogens is 460 g/mol. The second-order valence-electron chi connectivity index (χ2n) is 6.17. The Kier molecular flexibility index (Phi) is 7.72. The number of nitrogens with zero attached hydrogens (tertiary/aromatic N) is 2. The summed E-state index contributed by atoms with van der Waals surface area (Å²) >= 11 is 6.16. The second-order valence-corrected chi connectivity index (χ2v) is 6.58. The molecule has 3 unspecified atom stereocenters. The van der Waals surface area contributed by atoms with Crippen LogP contribution in [0.3, 0.4) is 0 Å². The maximum Gasteiger partial charge on any atom is 0.194 e. The Bertz CT molecular complexity index is 597. The lowest BCUT2D eigenvalue weighted by Crippen LogP contribution is -2.52. The zero-order valence-corrected chi connectivity index (χ0v) is 17.5. The smallest absolute Gasteiger partial charge is 0.194 e. The molecule has 0 aromatic heterocycles. The fraction of sp³-hybridized carbons (Fsp3) is 0.588. The number of benzene rings is 1. The normalized spacial score (nSPS) is 26.2. The molecule has 1 saturated carbocycles. The van der Waals surface area contributed by atoms with E-state index in [2.05, 4.69) is 15.2 Å². The number of nitrogens with one attached hydrogen (secondary N) is 1. The molecule has 0 amide bonds. The van der Waals surface area contributed by atoms with E-state index >= 15 is 0 Å². The number of methoxy groups -OCH3 is 1. The van der Waals surface area contributed by atoms with Crippen molar-refractivity contribution in [2.75, 3.05) is 40.5 Å². The molecule has 1 aromatic carbocycles. The van der Waals surface area contributed by atoms with Gasteiger partial charge in [0.15, 0.2) is 5.96 Å². The highest BCUT2D eigenvalue weighted by molar-refractivity contribution is 14.0. The van der Waals surface area contributed by atoms with Gasteiger partial charge in [-0.25, -0.2) is 4.39 Å². The number of ether oxygens (including phenoxy) is 2. The van der Waals surface area contributed by atoms with Crippen molar-refractivity contribution in [3.05, 3.63) is 34.6 Å². The van der Waals surface area contributed by atoms with Crippen LogP contribution in [0, 0.1) is 5.82 Å². The van der Waals surface area contributed by atoms with Gasteiger partial charge in [-0.15, -0.1) is 24.0 Å². The minimum Gasteiger partial charge on any atom is -0.382 e. The number of hydrogen-bond acceptors (Lipinski definition) is 3. The summed E-state index contributed by atoms with van der Waals surface area (Å²) in [7, 11) is 3.43. The second kappa shape index (κ2) is 9.34. The van der Waals surface area contributed by atoms with Gasteiger partial charge < -0.3 is 19.7 Å². The summed E-state index contributed by atoms with van der Waals surface area (Å²) in [6.07, 6.45) is 0.893. The molecule has 1 N–H and O–H groups in total. The quantitative estimate of drug-likeness (QED) is 0.406. The fourth-order valence-corrected chi connectivity index (χ4v) is 3.50. The van der Waals surface area contributed by atoms with E-state index in [-0.39, 0.29) is 47.9 Å². The number of halogens is 3. The molecular formula is C17H24ClFIN3O2. The van der Waals surface area contributed by atoms with Gasteiger partial charge in [0, 0.05) is 49.8 Å². The molecule has 2 aliphatic rings. The molecule has 1 aliphatic carbocycles. The average Bonchev–Trinajstić information content (AvgIpc) is 3.32. The zero-order valence-electron chi connectivity index (χ0n) is 14.4. The Balaban J connectivity index is 0.00000225. The number of aliphatic imine (C=N–C) groups is 1. The van der Waals surface area contributed by atoms with Crippen LogP contribution in [0.5, 0.6) is 0 Å². The van der Waals surface area contributed by atoms with Crippen molar-refractivity contribution in [3.8, 4) is 0 Å². The van der Waals surface area contributed by atoms with E-state index in [4.69, 9.17) is 21.1 Å². The Labute approximate surface area is 169 Å². The lowest BCUT2D eigenvalue weighted by atomic mass is 10.1. The van der Waals surface area contributed by atoms with Gasteiger partial charge in [-0.3, -0.25) is 4.99 Å². The van der Waals surface area contributed by atoms with Crippen molar-refractivity contribution in [2.45, 2.75) is 24.5 Å². The summed E-state index contributed by atoms with van der Waals surface area (Å²) in [6.45, 7) is 2.70. The first-order valence-corrected chi connectivity index (χ1v) is 8.54. The van der Waals surface area contributed by atoms with Crippen LogP contribution in [-0.4, -0.2) is 63.5 Å². The van der Waals surface area contributed by atoms with Crippen molar-refractivity contribution >= 4 is 41.5 Å². The Morgan fingerprint density at radius 1 is 1.52 bits per heavy atom. The van der Waals surface area contributed by atoms with Gasteiger partial charge in [-0.05, 0) is 18.6 Å². The molecule has 0 radical (unpaired) electrons. The van der Waals surface area contributed by atoms with Crippen molar-refractivity contribution in [3.63, 3.8) is 0 Å². The molecule has 1 heterocycles. The van der Waals surface area contributed by atoms with Crippen molar-refractivity contribution in [1.82, 2.24) is 10.2 Å². The first kappa shape index (κ1) is 20.7. The average molecular weight is 484 g/mol. The molecule has 25 heavy (non-hydrogen) atoms. The lowest BCUT2D eigenvalue weighted by molar-refractivity contribution is -0.0447. The van der Waals surface area contributed by atoms with Crippen LogP contribution < -0.4 is 5.32 Å². The van der Waals surface area contributed by atoms with E-state index in [0.29, 0.717) is 23.8 Å². The van der Waals surface area contributed by atoms with Crippen LogP contribution in [0.4, 0.5) is 4.39 Å². The number of guanidine groups is 1. The first-order valence-electron chi connectivity index (χ1n) is 8.16. The van der Waals surface area contributed by atoms with Crippen LogP contribution in [0.15, 0.2) is 23.2 Å². The topological polar surface area (TPSA) is 46.1 Å². The Morgan fingerprint density at radius 3 is 3.00 bits per heavy atom. The van der Waals surface area contributed by atoms with E-state index in [1.54, 1.807) is 26.3 Å². The maximum atomic E-state index is 14.0. The van der Waals surface area contributed by atoms with E-state index in [0.717, 1.165) is 25.5 Å². The van der Waals surface area contributed by atoms with Crippen LogP contribution in [0.2, 0.25) is 5.02 Å². The standard InChI is InChI=1S/C17H23ClFN3O2.HI/c1-20-17(22-6-7-24-11(9-22)10-23-2)21-15-8-12(15)16-13(18)4-3-5-14(16)19;/h3-5,11-12,15H,6-10H2,1-2H3,(H,20,21);1H. The van der Waals surface area contributed by atoms with Gasteiger partial charge >= 0.3 is 0 Å². The van der Waals surface area contributed by atoms with Crippen molar-refractivity contribution in [2.24, 2.45) is 4.99 Å². The Morgan fingerprint density at radius 2 is 2.32 bits per heavy atom. The van der Waals surface area contributed by atoms with Crippen LogP contribution in [0.25, 0.3) is 0 Å².